The lowest BCUT2D eigenvalue weighted by atomic mass is 9.97. The molecule has 100 valence electrons. The minimum absolute atomic E-state index is 0.000225. The van der Waals surface area contributed by atoms with Crippen LogP contribution in [0.5, 0.6) is 0 Å². The summed E-state index contributed by atoms with van der Waals surface area (Å²) in [6.07, 6.45) is 2.10. The maximum atomic E-state index is 12.2. The molecule has 1 aliphatic heterocycles. The fraction of sp³-hybridized carbons (Fsp3) is 0.467. The predicted octanol–water partition coefficient (Wildman–Crippen LogP) is 1.32. The molecule has 1 heterocycles. The molecule has 0 unspecified atom stereocenters. The van der Waals surface area contributed by atoms with Crippen LogP contribution in [-0.2, 0) is 11.2 Å². The number of likely N-dealkylation sites (tertiary alicyclic amines) is 1. The zero-order valence-corrected chi connectivity index (χ0v) is 11.0. The Morgan fingerprint density at radius 1 is 1.37 bits per heavy atom. The van der Waals surface area contributed by atoms with Crippen LogP contribution < -0.4 is 5.73 Å². The summed E-state index contributed by atoms with van der Waals surface area (Å²) in [4.78, 5) is 14.0. The summed E-state index contributed by atoms with van der Waals surface area (Å²) in [5, 5.41) is 8.84. The Balaban J connectivity index is 1.88. The fourth-order valence-electron chi connectivity index (χ4n) is 2.42. The molecule has 1 amide bonds. The number of benzene rings is 1. The second kappa shape index (κ2) is 6.35. The minimum Gasteiger partial charge on any atom is -0.341 e. The second-order valence-electron chi connectivity index (χ2n) is 5.02. The van der Waals surface area contributed by atoms with Crippen LogP contribution in [0.1, 0.15) is 18.4 Å². The first-order chi connectivity index (χ1) is 9.20. The van der Waals surface area contributed by atoms with E-state index in [0.717, 1.165) is 18.4 Å². The van der Waals surface area contributed by atoms with Crippen molar-refractivity contribution >= 4 is 5.91 Å². The quantitative estimate of drug-likeness (QED) is 0.887. The smallest absolute Gasteiger partial charge is 0.239 e. The van der Waals surface area contributed by atoms with E-state index in [4.69, 9.17) is 11.0 Å². The van der Waals surface area contributed by atoms with Gasteiger partial charge in [0, 0.05) is 19.0 Å². The van der Waals surface area contributed by atoms with Crippen molar-refractivity contribution in [1.82, 2.24) is 4.90 Å². The van der Waals surface area contributed by atoms with Gasteiger partial charge in [0.1, 0.15) is 0 Å². The van der Waals surface area contributed by atoms with Crippen molar-refractivity contribution < 1.29 is 4.79 Å². The number of piperidine rings is 1. The predicted molar refractivity (Wildman–Crippen MR) is 73.0 cm³/mol. The molecule has 4 nitrogen and oxygen atoms in total. The van der Waals surface area contributed by atoms with Crippen molar-refractivity contribution in [3.8, 4) is 6.07 Å². The van der Waals surface area contributed by atoms with Gasteiger partial charge in [-0.2, -0.15) is 5.26 Å². The highest BCUT2D eigenvalue weighted by Gasteiger charge is 2.26. The van der Waals surface area contributed by atoms with Crippen LogP contribution in [0.4, 0.5) is 0 Å². The molecule has 0 bridgehead atoms. The van der Waals surface area contributed by atoms with E-state index in [9.17, 15) is 4.79 Å². The number of hydrogen-bond donors (Lipinski definition) is 1. The molecule has 0 radical (unpaired) electrons. The van der Waals surface area contributed by atoms with E-state index < -0.39 is 6.04 Å². The molecule has 0 saturated carbocycles. The molecule has 0 aromatic heterocycles. The van der Waals surface area contributed by atoms with Gasteiger partial charge in [0.15, 0.2) is 0 Å². The second-order valence-corrected chi connectivity index (χ2v) is 5.02. The Bertz CT molecular complexity index is 458. The van der Waals surface area contributed by atoms with E-state index >= 15 is 0 Å². The molecule has 0 spiro atoms. The Kier molecular flexibility index (Phi) is 4.53. The molecule has 2 rings (SSSR count). The molecule has 0 aliphatic carbocycles. The molecular weight excluding hydrogens is 238 g/mol. The van der Waals surface area contributed by atoms with Crippen LogP contribution in [0, 0.1) is 17.2 Å². The summed E-state index contributed by atoms with van der Waals surface area (Å²) in [5.74, 6) is 0.0923. The van der Waals surface area contributed by atoms with E-state index in [1.807, 2.05) is 30.3 Å². The standard InChI is InChI=1S/C15H19N3O/c16-11-13-6-8-18(9-7-13)15(19)14(17)10-12-4-2-1-3-5-12/h1-5,13-14H,6-10,17H2/t14-/m1/s1. The van der Waals surface area contributed by atoms with Crippen LogP contribution >= 0.6 is 0 Å². The molecule has 1 aliphatic rings. The summed E-state index contributed by atoms with van der Waals surface area (Å²) in [6.45, 7) is 1.30. The van der Waals surface area contributed by atoms with Crippen molar-refractivity contribution in [2.24, 2.45) is 11.7 Å². The highest BCUT2D eigenvalue weighted by atomic mass is 16.2. The van der Waals surface area contributed by atoms with E-state index in [0.29, 0.717) is 19.5 Å². The van der Waals surface area contributed by atoms with Gasteiger partial charge in [0.25, 0.3) is 0 Å². The van der Waals surface area contributed by atoms with Crippen LogP contribution in [0.2, 0.25) is 0 Å². The number of carbonyl (C=O) groups excluding carboxylic acids is 1. The summed E-state index contributed by atoms with van der Waals surface area (Å²) >= 11 is 0. The van der Waals surface area contributed by atoms with E-state index in [1.54, 1.807) is 4.90 Å². The maximum absolute atomic E-state index is 12.2. The summed E-state index contributed by atoms with van der Waals surface area (Å²) in [5.41, 5.74) is 7.07. The Hall–Kier alpha value is -1.86. The van der Waals surface area contributed by atoms with Gasteiger partial charge in [0.2, 0.25) is 5.91 Å². The number of nitrogens with two attached hydrogens (primary N) is 1. The molecule has 4 heteroatoms. The topological polar surface area (TPSA) is 70.1 Å². The zero-order chi connectivity index (χ0) is 13.7. The lowest BCUT2D eigenvalue weighted by Gasteiger charge is -2.31. The minimum atomic E-state index is -0.485. The lowest BCUT2D eigenvalue weighted by molar-refractivity contribution is -0.133. The van der Waals surface area contributed by atoms with Crippen molar-refractivity contribution in [2.45, 2.75) is 25.3 Å². The third kappa shape index (κ3) is 3.55. The van der Waals surface area contributed by atoms with Crippen LogP contribution in [0.15, 0.2) is 30.3 Å². The van der Waals surface area contributed by atoms with Crippen molar-refractivity contribution in [1.29, 1.82) is 5.26 Å². The monoisotopic (exact) mass is 257 g/mol. The lowest BCUT2D eigenvalue weighted by Crippen LogP contribution is -2.47. The summed E-state index contributed by atoms with van der Waals surface area (Å²) < 4.78 is 0. The van der Waals surface area contributed by atoms with Gasteiger partial charge in [-0.3, -0.25) is 4.79 Å². The number of carbonyl (C=O) groups is 1. The summed E-state index contributed by atoms with van der Waals surface area (Å²) in [6, 6.07) is 11.6. The first-order valence-electron chi connectivity index (χ1n) is 6.68. The third-order valence-corrected chi connectivity index (χ3v) is 3.60. The first kappa shape index (κ1) is 13.6. The molecule has 1 atom stereocenters. The van der Waals surface area contributed by atoms with Crippen LogP contribution in [0.25, 0.3) is 0 Å². The average Bonchev–Trinajstić information content (AvgIpc) is 2.47. The van der Waals surface area contributed by atoms with Gasteiger partial charge in [-0.05, 0) is 24.8 Å². The zero-order valence-electron chi connectivity index (χ0n) is 11.0. The van der Waals surface area contributed by atoms with E-state index in [-0.39, 0.29) is 11.8 Å². The van der Waals surface area contributed by atoms with Crippen molar-refractivity contribution in [2.75, 3.05) is 13.1 Å². The van der Waals surface area contributed by atoms with Crippen molar-refractivity contribution in [3.63, 3.8) is 0 Å². The van der Waals surface area contributed by atoms with Crippen molar-refractivity contribution in [3.05, 3.63) is 35.9 Å². The van der Waals surface area contributed by atoms with Crippen LogP contribution in [0.3, 0.4) is 0 Å². The van der Waals surface area contributed by atoms with Gasteiger partial charge in [-0.25, -0.2) is 0 Å². The fourth-order valence-corrected chi connectivity index (χ4v) is 2.42. The molecule has 1 aromatic carbocycles. The normalized spacial score (nSPS) is 17.8. The van der Waals surface area contributed by atoms with E-state index in [1.165, 1.54) is 0 Å². The van der Waals surface area contributed by atoms with Gasteiger partial charge < -0.3 is 10.6 Å². The molecule has 2 N–H and O–H groups in total. The highest BCUT2D eigenvalue weighted by Crippen LogP contribution is 2.17. The molecular formula is C15H19N3O. The number of nitriles is 1. The van der Waals surface area contributed by atoms with E-state index in [2.05, 4.69) is 6.07 Å². The number of rotatable bonds is 3. The van der Waals surface area contributed by atoms with Gasteiger partial charge in [-0.15, -0.1) is 0 Å². The largest absolute Gasteiger partial charge is 0.341 e. The number of amides is 1. The Labute approximate surface area is 113 Å². The molecule has 1 aromatic rings. The maximum Gasteiger partial charge on any atom is 0.239 e. The average molecular weight is 257 g/mol. The molecule has 19 heavy (non-hydrogen) atoms. The highest BCUT2D eigenvalue weighted by molar-refractivity contribution is 5.82. The van der Waals surface area contributed by atoms with Crippen LogP contribution in [-0.4, -0.2) is 29.9 Å². The Morgan fingerprint density at radius 3 is 2.58 bits per heavy atom. The van der Waals surface area contributed by atoms with Gasteiger partial charge >= 0.3 is 0 Å². The SMILES string of the molecule is N#CC1CCN(C(=O)[C@H](N)Cc2ccccc2)CC1. The van der Waals surface area contributed by atoms with Gasteiger partial charge in [-0.1, -0.05) is 30.3 Å². The number of nitrogens with zero attached hydrogens (tertiary/aromatic N) is 2. The number of hydrogen-bond acceptors (Lipinski definition) is 3. The summed E-state index contributed by atoms with van der Waals surface area (Å²) in [7, 11) is 0. The Morgan fingerprint density at radius 2 is 2.00 bits per heavy atom. The van der Waals surface area contributed by atoms with Gasteiger partial charge in [0.05, 0.1) is 12.1 Å². The third-order valence-electron chi connectivity index (χ3n) is 3.60. The molecule has 1 fully saturated rings. The first-order valence-corrected chi connectivity index (χ1v) is 6.68. The molecule has 1 saturated heterocycles.